The minimum absolute atomic E-state index is 0.318. The lowest BCUT2D eigenvalue weighted by molar-refractivity contribution is -0.137. The summed E-state index contributed by atoms with van der Waals surface area (Å²) in [5, 5.41) is 1.69. The Hall–Kier alpha value is -2.51. The molecule has 0 spiro atoms. The van der Waals surface area contributed by atoms with E-state index in [2.05, 4.69) is 4.98 Å². The minimum atomic E-state index is -4.42. The molecule has 2 aromatic carbocycles. The van der Waals surface area contributed by atoms with Gasteiger partial charge in [0.2, 0.25) is 5.91 Å². The maximum Gasteiger partial charge on any atom is 0.416 e. The number of halogens is 4. The second-order valence-electron chi connectivity index (χ2n) is 6.88. The standard InChI is InChI=1S/C20H17ClF3N3O/c21-13-5-6-16-15(9-13)14-7-8-27(10-17(14)26-16)19(28)18(25)11-1-3-12(4-2-11)20(22,23)24/h1-6,9,18,26H,7-8,10,25H2. The molecule has 1 aromatic heterocycles. The van der Waals surface area contributed by atoms with Gasteiger partial charge in [0, 0.05) is 28.2 Å². The van der Waals surface area contributed by atoms with Crippen molar-refractivity contribution in [2.24, 2.45) is 5.73 Å². The summed E-state index contributed by atoms with van der Waals surface area (Å²) in [6.45, 7) is 0.856. The summed E-state index contributed by atoms with van der Waals surface area (Å²) >= 11 is 6.08. The fraction of sp³-hybridized carbons (Fsp3) is 0.250. The fourth-order valence-corrected chi connectivity index (χ4v) is 3.79. The average Bonchev–Trinajstić information content (AvgIpc) is 3.03. The maximum atomic E-state index is 12.8. The zero-order chi connectivity index (χ0) is 20.1. The van der Waals surface area contributed by atoms with Crippen molar-refractivity contribution in [3.8, 4) is 0 Å². The highest BCUT2D eigenvalue weighted by atomic mass is 35.5. The van der Waals surface area contributed by atoms with Crippen LogP contribution in [0.1, 0.15) is 28.4 Å². The summed E-state index contributed by atoms with van der Waals surface area (Å²) in [5.41, 5.74) is 8.64. The van der Waals surface area contributed by atoms with Gasteiger partial charge in [-0.2, -0.15) is 13.2 Å². The lowest BCUT2D eigenvalue weighted by atomic mass is 10.0. The Labute approximate surface area is 164 Å². The Bertz CT molecular complexity index is 1040. The zero-order valence-electron chi connectivity index (χ0n) is 14.7. The third-order valence-electron chi connectivity index (χ3n) is 5.11. The number of amides is 1. The number of fused-ring (bicyclic) bond motifs is 3. The first-order valence-corrected chi connectivity index (χ1v) is 9.12. The van der Waals surface area contributed by atoms with Crippen LogP contribution in [-0.4, -0.2) is 22.3 Å². The Morgan fingerprint density at radius 2 is 1.89 bits per heavy atom. The number of H-pyrrole nitrogens is 1. The number of hydrogen-bond donors (Lipinski definition) is 2. The third kappa shape index (κ3) is 3.36. The van der Waals surface area contributed by atoms with Crippen LogP contribution in [0.3, 0.4) is 0 Å². The van der Waals surface area contributed by atoms with Crippen LogP contribution in [-0.2, 0) is 23.9 Å². The van der Waals surface area contributed by atoms with Gasteiger partial charge in [-0.3, -0.25) is 4.79 Å². The van der Waals surface area contributed by atoms with Crippen LogP contribution in [0.5, 0.6) is 0 Å². The normalized spacial score (nSPS) is 15.5. The average molecular weight is 408 g/mol. The van der Waals surface area contributed by atoms with E-state index in [1.807, 2.05) is 12.1 Å². The predicted molar refractivity (Wildman–Crippen MR) is 101 cm³/mol. The van der Waals surface area contributed by atoms with Gasteiger partial charge in [-0.05, 0) is 47.9 Å². The van der Waals surface area contributed by atoms with Crippen molar-refractivity contribution in [3.63, 3.8) is 0 Å². The smallest absolute Gasteiger partial charge is 0.357 e. The van der Waals surface area contributed by atoms with Crippen LogP contribution in [0.15, 0.2) is 42.5 Å². The van der Waals surface area contributed by atoms with Crippen LogP contribution >= 0.6 is 11.6 Å². The quantitative estimate of drug-likeness (QED) is 0.660. The molecule has 3 N–H and O–H groups in total. The molecule has 1 unspecified atom stereocenters. The van der Waals surface area contributed by atoms with E-state index in [0.29, 0.717) is 30.1 Å². The second kappa shape index (κ2) is 6.83. The van der Waals surface area contributed by atoms with Gasteiger partial charge in [-0.25, -0.2) is 0 Å². The summed E-state index contributed by atoms with van der Waals surface area (Å²) in [6.07, 6.45) is -3.77. The number of hydrogen-bond acceptors (Lipinski definition) is 2. The van der Waals surface area contributed by atoms with E-state index in [0.717, 1.165) is 34.3 Å². The molecule has 0 bridgehead atoms. The summed E-state index contributed by atoms with van der Waals surface area (Å²) in [7, 11) is 0. The van der Waals surface area contributed by atoms with Crippen molar-refractivity contribution >= 4 is 28.4 Å². The number of carbonyl (C=O) groups is 1. The topological polar surface area (TPSA) is 62.1 Å². The molecule has 1 aliphatic heterocycles. The molecule has 8 heteroatoms. The van der Waals surface area contributed by atoms with Gasteiger partial charge in [0.25, 0.3) is 0 Å². The van der Waals surface area contributed by atoms with Gasteiger partial charge in [0.05, 0.1) is 12.1 Å². The molecular weight excluding hydrogens is 391 g/mol. The third-order valence-corrected chi connectivity index (χ3v) is 5.35. The highest BCUT2D eigenvalue weighted by Gasteiger charge is 2.31. The van der Waals surface area contributed by atoms with Crippen LogP contribution in [0.2, 0.25) is 5.02 Å². The number of nitrogens with two attached hydrogens (primary N) is 1. The zero-order valence-corrected chi connectivity index (χ0v) is 15.4. The molecule has 0 fully saturated rings. The molecule has 1 atom stereocenters. The van der Waals surface area contributed by atoms with Crippen molar-refractivity contribution in [2.75, 3.05) is 6.54 Å². The Morgan fingerprint density at radius 3 is 2.57 bits per heavy atom. The van der Waals surface area contributed by atoms with Crippen LogP contribution in [0, 0.1) is 0 Å². The van der Waals surface area contributed by atoms with Crippen molar-refractivity contribution in [2.45, 2.75) is 25.2 Å². The molecule has 1 amide bonds. The Balaban J connectivity index is 1.53. The van der Waals surface area contributed by atoms with Gasteiger partial charge in [0.1, 0.15) is 6.04 Å². The summed E-state index contributed by atoms with van der Waals surface area (Å²) in [6, 6.07) is 8.99. The van der Waals surface area contributed by atoms with Gasteiger partial charge < -0.3 is 15.6 Å². The first-order valence-electron chi connectivity index (χ1n) is 8.74. The molecule has 0 aliphatic carbocycles. The van der Waals surface area contributed by atoms with Crippen LogP contribution < -0.4 is 5.73 Å². The minimum Gasteiger partial charge on any atom is -0.357 e. The summed E-state index contributed by atoms with van der Waals surface area (Å²) in [5.74, 6) is -0.318. The highest BCUT2D eigenvalue weighted by Crippen LogP contribution is 2.32. The molecule has 4 nitrogen and oxygen atoms in total. The van der Waals surface area contributed by atoms with Crippen LogP contribution in [0.4, 0.5) is 13.2 Å². The molecule has 146 valence electrons. The Morgan fingerprint density at radius 1 is 1.18 bits per heavy atom. The van der Waals surface area contributed by atoms with E-state index >= 15 is 0 Å². The van der Waals surface area contributed by atoms with Gasteiger partial charge in [-0.1, -0.05) is 23.7 Å². The van der Waals surface area contributed by atoms with Gasteiger partial charge in [-0.15, -0.1) is 0 Å². The SMILES string of the molecule is NC(C(=O)N1CCc2c([nH]c3ccc(Cl)cc23)C1)c1ccc(C(F)(F)F)cc1. The molecule has 28 heavy (non-hydrogen) atoms. The van der Waals surface area contributed by atoms with Crippen molar-refractivity contribution < 1.29 is 18.0 Å². The van der Waals surface area contributed by atoms with Crippen LogP contribution in [0.25, 0.3) is 10.9 Å². The highest BCUT2D eigenvalue weighted by molar-refractivity contribution is 6.31. The fourth-order valence-electron chi connectivity index (χ4n) is 3.62. The van der Waals surface area contributed by atoms with E-state index < -0.39 is 17.8 Å². The predicted octanol–water partition coefficient (Wildman–Crippen LogP) is 4.42. The van der Waals surface area contributed by atoms with E-state index in [1.165, 1.54) is 12.1 Å². The number of benzene rings is 2. The van der Waals surface area contributed by atoms with Gasteiger partial charge in [0.15, 0.2) is 0 Å². The lowest BCUT2D eigenvalue weighted by Crippen LogP contribution is -2.41. The molecule has 4 rings (SSSR count). The molecule has 0 saturated heterocycles. The molecular formula is C20H17ClF3N3O. The Kier molecular flexibility index (Phi) is 4.59. The number of alkyl halides is 3. The molecule has 1 aliphatic rings. The number of aromatic amines is 1. The van der Waals surface area contributed by atoms with E-state index in [1.54, 1.807) is 11.0 Å². The van der Waals surface area contributed by atoms with Gasteiger partial charge >= 0.3 is 6.18 Å². The van der Waals surface area contributed by atoms with Crippen molar-refractivity contribution in [3.05, 3.63) is 69.9 Å². The van der Waals surface area contributed by atoms with E-state index in [4.69, 9.17) is 17.3 Å². The van der Waals surface area contributed by atoms with E-state index in [9.17, 15) is 18.0 Å². The molecule has 0 saturated carbocycles. The lowest BCUT2D eigenvalue weighted by Gasteiger charge is -2.29. The summed E-state index contributed by atoms with van der Waals surface area (Å²) < 4.78 is 38.1. The molecule has 0 radical (unpaired) electrons. The molecule has 2 heterocycles. The number of rotatable bonds is 2. The largest absolute Gasteiger partial charge is 0.416 e. The number of nitrogens with zero attached hydrogens (tertiary/aromatic N) is 1. The number of aromatic nitrogens is 1. The van der Waals surface area contributed by atoms with Crippen molar-refractivity contribution in [1.29, 1.82) is 0 Å². The molecule has 3 aromatic rings. The maximum absolute atomic E-state index is 12.8. The van der Waals surface area contributed by atoms with Crippen molar-refractivity contribution in [1.82, 2.24) is 9.88 Å². The first kappa shape index (κ1) is 18.8. The van der Waals surface area contributed by atoms with E-state index in [-0.39, 0.29) is 5.91 Å². The first-order chi connectivity index (χ1) is 13.2. The summed E-state index contributed by atoms with van der Waals surface area (Å²) in [4.78, 5) is 17.7. The monoisotopic (exact) mass is 407 g/mol. The number of nitrogens with one attached hydrogen (secondary N) is 1. The number of carbonyl (C=O) groups excluding carboxylic acids is 1. The second-order valence-corrected chi connectivity index (χ2v) is 7.32.